The van der Waals surface area contributed by atoms with Crippen LogP contribution >= 0.6 is 23.5 Å². The van der Waals surface area contributed by atoms with Crippen LogP contribution in [0.4, 0.5) is 0 Å². The van der Waals surface area contributed by atoms with Gasteiger partial charge in [-0.25, -0.2) is 0 Å². The molecule has 1 fully saturated rings. The van der Waals surface area contributed by atoms with E-state index in [9.17, 15) is 4.79 Å². The van der Waals surface area contributed by atoms with Gasteiger partial charge in [0, 0.05) is 14.1 Å². The maximum atomic E-state index is 12.5. The second-order valence-electron chi connectivity index (χ2n) is 5.78. The third-order valence-corrected chi connectivity index (χ3v) is 5.22. The summed E-state index contributed by atoms with van der Waals surface area (Å²) in [7, 11) is 5.55. The molecular weight excluding hydrogens is 378 g/mol. The molecule has 0 aliphatic carbocycles. The molecule has 0 aromatic heterocycles. The summed E-state index contributed by atoms with van der Waals surface area (Å²) in [6.45, 7) is 0.382. The van der Waals surface area contributed by atoms with E-state index in [2.05, 4.69) is 0 Å². The first-order valence-electron chi connectivity index (χ1n) is 8.24. The predicted octanol–water partition coefficient (Wildman–Crippen LogP) is 4.43. The molecule has 5 nitrogen and oxygen atoms in total. The third kappa shape index (κ3) is 6.69. The predicted molar refractivity (Wildman–Crippen MR) is 116 cm³/mol. The number of benzene rings is 1. The summed E-state index contributed by atoms with van der Waals surface area (Å²) < 4.78 is 5.14. The largest absolute Gasteiger partial charge is 0.497 e. The molecule has 27 heavy (non-hydrogen) atoms. The number of carbonyl (C=O) groups excluding carboxylic acids is 1. The molecule has 1 N–H and O–H groups in total. The lowest BCUT2D eigenvalue weighted by Gasteiger charge is -2.14. The van der Waals surface area contributed by atoms with Gasteiger partial charge in [-0.05, 0) is 52.6 Å². The molecule has 1 aromatic carbocycles. The third-order valence-electron chi connectivity index (χ3n) is 3.46. The highest BCUT2D eigenvalue weighted by molar-refractivity contribution is 8.19. The summed E-state index contributed by atoms with van der Waals surface area (Å²) >= 11 is 2.61. The molecule has 0 atom stereocenters. The van der Waals surface area contributed by atoms with Crippen molar-refractivity contribution in [1.82, 2.24) is 9.80 Å². The SMILES string of the molecule is COc1ccc(CN2C(=N)S/C(=C\S/C=C/C=C\C=C\N(C)C)C2=O)cc1. The van der Waals surface area contributed by atoms with Crippen molar-refractivity contribution >= 4 is 34.6 Å². The molecular formula is C20H23N3O2S2. The highest BCUT2D eigenvalue weighted by Crippen LogP contribution is 2.33. The van der Waals surface area contributed by atoms with Gasteiger partial charge in [-0.15, -0.1) is 11.8 Å². The van der Waals surface area contributed by atoms with Crippen LogP contribution in [0.1, 0.15) is 5.56 Å². The fourth-order valence-corrected chi connectivity index (χ4v) is 3.61. The van der Waals surface area contributed by atoms with Gasteiger partial charge in [0.1, 0.15) is 5.75 Å². The minimum atomic E-state index is -0.133. The van der Waals surface area contributed by atoms with Gasteiger partial charge in [0.15, 0.2) is 5.17 Å². The van der Waals surface area contributed by atoms with Crippen LogP contribution in [0.2, 0.25) is 0 Å². The van der Waals surface area contributed by atoms with Crippen molar-refractivity contribution in [2.24, 2.45) is 0 Å². The van der Waals surface area contributed by atoms with E-state index in [0.29, 0.717) is 11.4 Å². The Bertz CT molecular complexity index is 781. The Morgan fingerprint density at radius 2 is 1.89 bits per heavy atom. The Balaban J connectivity index is 1.89. The molecule has 142 valence electrons. The molecule has 0 bridgehead atoms. The van der Waals surface area contributed by atoms with Gasteiger partial charge < -0.3 is 9.64 Å². The molecule has 1 aromatic rings. The average Bonchev–Trinajstić information content (AvgIpc) is 2.92. The molecule has 1 heterocycles. The van der Waals surface area contributed by atoms with E-state index in [0.717, 1.165) is 11.3 Å². The van der Waals surface area contributed by atoms with Gasteiger partial charge in [-0.1, -0.05) is 30.4 Å². The van der Waals surface area contributed by atoms with Crippen molar-refractivity contribution in [2.45, 2.75) is 6.54 Å². The van der Waals surface area contributed by atoms with E-state index < -0.39 is 0 Å². The lowest BCUT2D eigenvalue weighted by molar-refractivity contribution is -0.122. The van der Waals surface area contributed by atoms with E-state index in [-0.39, 0.29) is 11.1 Å². The minimum Gasteiger partial charge on any atom is -0.497 e. The number of rotatable bonds is 8. The standard InChI is InChI=1S/C20H23N3O2S2/c1-22(2)12-6-4-5-7-13-26-15-18-19(24)23(20(21)27-18)14-16-8-10-17(25-3)11-9-16/h4-13,15,21H,14H2,1-3H3/b5-4-,12-6+,13-7+,18-15-,21-20?. The van der Waals surface area contributed by atoms with E-state index >= 15 is 0 Å². The smallest absolute Gasteiger partial charge is 0.267 e. The van der Waals surface area contributed by atoms with Gasteiger partial charge in [-0.3, -0.25) is 15.1 Å². The number of nitrogens with zero attached hydrogens (tertiary/aromatic N) is 2. The number of hydrogen-bond acceptors (Lipinski definition) is 6. The average molecular weight is 402 g/mol. The summed E-state index contributed by atoms with van der Waals surface area (Å²) in [5.41, 5.74) is 0.958. The maximum Gasteiger partial charge on any atom is 0.267 e. The normalized spacial score (nSPS) is 16.6. The summed E-state index contributed by atoms with van der Waals surface area (Å²) in [6.07, 6.45) is 9.67. The van der Waals surface area contributed by atoms with Crippen LogP contribution in [0.25, 0.3) is 0 Å². The fourth-order valence-electron chi connectivity index (χ4n) is 2.10. The fraction of sp³-hybridized carbons (Fsp3) is 0.200. The molecule has 2 rings (SSSR count). The van der Waals surface area contributed by atoms with Crippen LogP contribution in [-0.2, 0) is 11.3 Å². The summed E-state index contributed by atoms with van der Waals surface area (Å²) in [5, 5.41) is 12.0. The molecule has 1 amide bonds. The van der Waals surface area contributed by atoms with Crippen LogP contribution in [0, 0.1) is 5.41 Å². The molecule has 7 heteroatoms. The Morgan fingerprint density at radius 3 is 2.56 bits per heavy atom. The highest BCUT2D eigenvalue weighted by Gasteiger charge is 2.32. The summed E-state index contributed by atoms with van der Waals surface area (Å²) in [4.78, 5) is 16.5. The van der Waals surface area contributed by atoms with Crippen LogP contribution in [0.3, 0.4) is 0 Å². The van der Waals surface area contributed by atoms with Crippen molar-refractivity contribution in [3.05, 3.63) is 76.1 Å². The maximum absolute atomic E-state index is 12.5. The van der Waals surface area contributed by atoms with Gasteiger partial charge in [0.25, 0.3) is 5.91 Å². The second kappa shape index (κ2) is 10.7. The van der Waals surface area contributed by atoms with Crippen molar-refractivity contribution < 1.29 is 9.53 Å². The number of ether oxygens (including phenoxy) is 1. The van der Waals surface area contributed by atoms with E-state index in [1.165, 1.54) is 28.4 Å². The van der Waals surface area contributed by atoms with E-state index in [4.69, 9.17) is 10.1 Å². The molecule has 1 aliphatic heterocycles. The second-order valence-corrected chi connectivity index (χ2v) is 7.59. The summed E-state index contributed by atoms with van der Waals surface area (Å²) in [5.74, 6) is 0.636. The Morgan fingerprint density at radius 1 is 1.19 bits per heavy atom. The lowest BCUT2D eigenvalue weighted by Crippen LogP contribution is -2.27. The van der Waals surface area contributed by atoms with Crippen LogP contribution in [-0.4, -0.2) is 42.1 Å². The summed E-state index contributed by atoms with van der Waals surface area (Å²) in [6, 6.07) is 7.51. The minimum absolute atomic E-state index is 0.133. The Hall–Kier alpha value is -2.38. The van der Waals surface area contributed by atoms with Gasteiger partial charge in [0.2, 0.25) is 0 Å². The quantitative estimate of drug-likeness (QED) is 0.516. The number of amides is 1. The van der Waals surface area contributed by atoms with Gasteiger partial charge >= 0.3 is 0 Å². The van der Waals surface area contributed by atoms with E-state index in [1.807, 2.05) is 79.2 Å². The van der Waals surface area contributed by atoms with Gasteiger partial charge in [-0.2, -0.15) is 0 Å². The molecule has 0 unspecified atom stereocenters. The molecule has 0 radical (unpaired) electrons. The molecule has 0 spiro atoms. The van der Waals surface area contributed by atoms with Crippen molar-refractivity contribution in [3.63, 3.8) is 0 Å². The number of carbonyl (C=O) groups is 1. The lowest BCUT2D eigenvalue weighted by atomic mass is 10.2. The molecule has 1 aliphatic rings. The first-order valence-corrected chi connectivity index (χ1v) is 10.0. The molecule has 0 saturated carbocycles. The Kier molecular flexibility index (Phi) is 8.29. The monoisotopic (exact) mass is 401 g/mol. The van der Waals surface area contributed by atoms with Crippen LogP contribution < -0.4 is 4.74 Å². The van der Waals surface area contributed by atoms with Crippen LogP contribution in [0.15, 0.2) is 70.5 Å². The van der Waals surface area contributed by atoms with Gasteiger partial charge in [0.05, 0.1) is 18.6 Å². The number of hydrogen-bond donors (Lipinski definition) is 1. The number of amidine groups is 1. The topological polar surface area (TPSA) is 56.6 Å². The van der Waals surface area contributed by atoms with Crippen molar-refractivity contribution in [3.8, 4) is 5.75 Å². The van der Waals surface area contributed by atoms with Crippen LogP contribution in [0.5, 0.6) is 5.75 Å². The number of methoxy groups -OCH3 is 1. The molecule has 1 saturated heterocycles. The number of nitrogens with one attached hydrogen (secondary N) is 1. The highest BCUT2D eigenvalue weighted by atomic mass is 32.2. The van der Waals surface area contributed by atoms with Crippen molar-refractivity contribution in [1.29, 1.82) is 5.41 Å². The zero-order valence-corrected chi connectivity index (χ0v) is 17.2. The Labute approximate surface area is 169 Å². The first-order chi connectivity index (χ1) is 13.0. The van der Waals surface area contributed by atoms with Crippen molar-refractivity contribution in [2.75, 3.05) is 21.2 Å². The number of allylic oxidation sites excluding steroid dienone is 4. The zero-order valence-electron chi connectivity index (χ0n) is 15.6. The zero-order chi connectivity index (χ0) is 19.6. The first kappa shape index (κ1) is 20.9. The number of thioether (sulfide) groups is 2. The van der Waals surface area contributed by atoms with E-state index in [1.54, 1.807) is 12.5 Å².